The molecule has 0 saturated heterocycles. The first kappa shape index (κ1) is 14.5. The van der Waals surface area contributed by atoms with Gasteiger partial charge >= 0.3 is 0 Å². The van der Waals surface area contributed by atoms with Gasteiger partial charge in [-0.2, -0.15) is 0 Å². The number of rotatable bonds is 4. The highest BCUT2D eigenvalue weighted by molar-refractivity contribution is 7.92. The van der Waals surface area contributed by atoms with Gasteiger partial charge in [-0.25, -0.2) is 13.4 Å². The summed E-state index contributed by atoms with van der Waals surface area (Å²) in [7, 11) is -0.261. The predicted octanol–water partition coefficient (Wildman–Crippen LogP) is 2.00. The molecule has 20 heavy (non-hydrogen) atoms. The molecule has 0 saturated carbocycles. The number of hydrogen-bond donors (Lipinski definition) is 1. The van der Waals surface area contributed by atoms with Crippen LogP contribution in [0.3, 0.4) is 0 Å². The normalized spacial score (nSPS) is 11.2. The Labute approximate surface area is 122 Å². The zero-order valence-electron chi connectivity index (χ0n) is 10.9. The van der Waals surface area contributed by atoms with Crippen molar-refractivity contribution in [3.63, 3.8) is 0 Å². The number of anilines is 2. The molecule has 0 amide bonds. The van der Waals surface area contributed by atoms with Gasteiger partial charge < -0.3 is 4.90 Å². The molecule has 0 bridgehead atoms. The minimum Gasteiger partial charge on any atom is -0.361 e. The minimum absolute atomic E-state index is 0.0739. The Bertz CT molecular complexity index is 719. The Morgan fingerprint density at radius 2 is 2.00 bits per heavy atom. The van der Waals surface area contributed by atoms with Crippen molar-refractivity contribution in [2.24, 2.45) is 0 Å². The lowest BCUT2D eigenvalue weighted by atomic mass is 10.4. The van der Waals surface area contributed by atoms with E-state index in [1.54, 1.807) is 37.3 Å². The van der Waals surface area contributed by atoms with Crippen molar-refractivity contribution in [3.05, 3.63) is 41.8 Å². The highest BCUT2D eigenvalue weighted by atomic mass is 35.5. The summed E-state index contributed by atoms with van der Waals surface area (Å²) in [5.74, 6) is 0.510. The lowest BCUT2D eigenvalue weighted by Gasteiger charge is -2.17. The fraction of sp³-hybridized carbons (Fsp3) is 0.167. The fourth-order valence-electron chi connectivity index (χ4n) is 1.59. The summed E-state index contributed by atoms with van der Waals surface area (Å²) >= 11 is 5.89. The fourth-order valence-corrected chi connectivity index (χ4v) is 3.09. The van der Waals surface area contributed by atoms with Gasteiger partial charge in [0.2, 0.25) is 0 Å². The van der Waals surface area contributed by atoms with Crippen molar-refractivity contribution in [2.75, 3.05) is 23.7 Å². The Morgan fingerprint density at radius 3 is 2.65 bits per heavy atom. The molecule has 6 nitrogen and oxygen atoms in total. The van der Waals surface area contributed by atoms with Crippen LogP contribution in [0.4, 0.5) is 11.5 Å². The number of aromatic nitrogens is 2. The van der Waals surface area contributed by atoms with Gasteiger partial charge in [0.15, 0.2) is 5.82 Å². The van der Waals surface area contributed by atoms with Crippen LogP contribution in [-0.2, 0) is 10.0 Å². The molecule has 1 N–H and O–H groups in total. The van der Waals surface area contributed by atoms with Crippen molar-refractivity contribution in [3.8, 4) is 0 Å². The molecule has 2 aromatic heterocycles. The molecule has 106 valence electrons. The van der Waals surface area contributed by atoms with Crippen LogP contribution in [0.15, 0.2) is 41.7 Å². The molecule has 0 fully saturated rings. The molecule has 2 rings (SSSR count). The molecule has 0 spiro atoms. The van der Waals surface area contributed by atoms with E-state index in [1.807, 2.05) is 0 Å². The smallest absolute Gasteiger partial charge is 0.265 e. The van der Waals surface area contributed by atoms with Crippen LogP contribution in [0.2, 0.25) is 5.02 Å². The molecular formula is C12H13ClN4O2S. The molecule has 0 aliphatic heterocycles. The molecular weight excluding hydrogens is 300 g/mol. The molecule has 0 aliphatic carbocycles. The monoisotopic (exact) mass is 312 g/mol. The number of nitrogens with zero attached hydrogens (tertiary/aromatic N) is 3. The number of nitrogens with one attached hydrogen (secondary N) is 1. The Hall–Kier alpha value is -1.86. The average molecular weight is 313 g/mol. The Morgan fingerprint density at radius 1 is 1.25 bits per heavy atom. The van der Waals surface area contributed by atoms with Crippen LogP contribution in [0, 0.1) is 0 Å². The number of hydrogen-bond acceptors (Lipinski definition) is 5. The van der Waals surface area contributed by atoms with Gasteiger partial charge in [-0.3, -0.25) is 9.71 Å². The predicted molar refractivity (Wildman–Crippen MR) is 78.6 cm³/mol. The van der Waals surface area contributed by atoms with E-state index in [-0.39, 0.29) is 9.92 Å². The molecule has 0 aromatic carbocycles. The highest BCUT2D eigenvalue weighted by Crippen LogP contribution is 2.26. The van der Waals surface area contributed by atoms with Gasteiger partial charge in [0.05, 0.1) is 10.7 Å². The Kier molecular flexibility index (Phi) is 4.10. The van der Waals surface area contributed by atoms with E-state index >= 15 is 0 Å². The standard InChI is InChI=1S/C12H13ClN4O2S/c1-17(2)12-10(4-3-6-15-12)16-20(18,19)11-8-14-7-5-9(11)13/h3-8,16H,1-2H3. The van der Waals surface area contributed by atoms with Gasteiger partial charge in [-0.1, -0.05) is 11.6 Å². The molecule has 0 aliphatic rings. The number of pyridine rings is 2. The van der Waals surface area contributed by atoms with Crippen LogP contribution in [0.5, 0.6) is 0 Å². The second kappa shape index (κ2) is 5.64. The first-order chi connectivity index (χ1) is 9.42. The zero-order valence-corrected chi connectivity index (χ0v) is 12.5. The van der Waals surface area contributed by atoms with E-state index in [2.05, 4.69) is 14.7 Å². The van der Waals surface area contributed by atoms with Crippen molar-refractivity contribution in [1.29, 1.82) is 0 Å². The lowest BCUT2D eigenvalue weighted by molar-refractivity contribution is 0.601. The van der Waals surface area contributed by atoms with Gasteiger partial charge in [0.1, 0.15) is 4.90 Å². The van der Waals surface area contributed by atoms with Crippen molar-refractivity contribution in [2.45, 2.75) is 4.90 Å². The van der Waals surface area contributed by atoms with Crippen LogP contribution in [0.1, 0.15) is 0 Å². The maximum Gasteiger partial charge on any atom is 0.265 e. The third-order valence-electron chi connectivity index (χ3n) is 2.48. The van der Waals surface area contributed by atoms with Crippen LogP contribution >= 0.6 is 11.6 Å². The summed E-state index contributed by atoms with van der Waals surface area (Å²) in [5, 5.41) is 0.114. The summed E-state index contributed by atoms with van der Waals surface area (Å²) in [6, 6.07) is 4.70. The highest BCUT2D eigenvalue weighted by Gasteiger charge is 2.20. The zero-order chi connectivity index (χ0) is 14.8. The lowest BCUT2D eigenvalue weighted by Crippen LogP contribution is -2.18. The van der Waals surface area contributed by atoms with E-state index in [4.69, 9.17) is 11.6 Å². The van der Waals surface area contributed by atoms with E-state index in [9.17, 15) is 8.42 Å². The molecule has 0 atom stereocenters. The third kappa shape index (κ3) is 3.00. The summed E-state index contributed by atoms with van der Waals surface area (Å²) in [4.78, 5) is 9.55. The largest absolute Gasteiger partial charge is 0.361 e. The van der Waals surface area contributed by atoms with Crippen molar-refractivity contribution >= 4 is 33.1 Å². The summed E-state index contributed by atoms with van der Waals surface area (Å²) < 4.78 is 27.1. The van der Waals surface area contributed by atoms with Crippen LogP contribution < -0.4 is 9.62 Å². The maximum absolute atomic E-state index is 12.3. The van der Waals surface area contributed by atoms with Gasteiger partial charge in [-0.15, -0.1) is 0 Å². The summed E-state index contributed by atoms with van der Waals surface area (Å²) in [5.41, 5.74) is 0.373. The van der Waals surface area contributed by atoms with Crippen molar-refractivity contribution < 1.29 is 8.42 Å². The first-order valence-electron chi connectivity index (χ1n) is 5.66. The topological polar surface area (TPSA) is 75.2 Å². The van der Waals surface area contributed by atoms with Crippen LogP contribution in [0.25, 0.3) is 0 Å². The average Bonchev–Trinajstić information content (AvgIpc) is 2.39. The van der Waals surface area contributed by atoms with E-state index in [0.717, 1.165) is 0 Å². The van der Waals surface area contributed by atoms with Gasteiger partial charge in [0.25, 0.3) is 10.0 Å². The SMILES string of the molecule is CN(C)c1ncccc1NS(=O)(=O)c1cnccc1Cl. The summed E-state index contributed by atoms with van der Waals surface area (Å²) in [6.45, 7) is 0. The summed E-state index contributed by atoms with van der Waals surface area (Å²) in [6.07, 6.45) is 4.22. The minimum atomic E-state index is -3.81. The number of sulfonamides is 1. The molecule has 2 heterocycles. The molecule has 2 aromatic rings. The molecule has 0 unspecified atom stereocenters. The van der Waals surface area contributed by atoms with E-state index < -0.39 is 10.0 Å². The second-order valence-corrected chi connectivity index (χ2v) is 6.24. The second-order valence-electron chi connectivity index (χ2n) is 4.18. The van der Waals surface area contributed by atoms with Gasteiger partial charge in [0, 0.05) is 32.7 Å². The van der Waals surface area contributed by atoms with E-state index in [0.29, 0.717) is 11.5 Å². The molecule has 0 radical (unpaired) electrons. The first-order valence-corrected chi connectivity index (χ1v) is 7.52. The Balaban J connectivity index is 2.42. The quantitative estimate of drug-likeness (QED) is 0.934. The number of halogens is 1. The molecule has 8 heteroatoms. The van der Waals surface area contributed by atoms with Crippen LogP contribution in [-0.4, -0.2) is 32.5 Å². The third-order valence-corrected chi connectivity index (χ3v) is 4.31. The maximum atomic E-state index is 12.3. The van der Waals surface area contributed by atoms with E-state index in [1.165, 1.54) is 18.5 Å². The van der Waals surface area contributed by atoms with Gasteiger partial charge in [-0.05, 0) is 18.2 Å². The van der Waals surface area contributed by atoms with Crippen molar-refractivity contribution in [1.82, 2.24) is 9.97 Å².